The number of piperidine rings is 1. The maximum atomic E-state index is 11.1. The third kappa shape index (κ3) is 3.81. The molecule has 1 N–H and O–H groups in total. The van der Waals surface area contributed by atoms with Crippen molar-refractivity contribution in [3.05, 3.63) is 18.0 Å². The molecule has 0 aliphatic carbocycles. The Balaban J connectivity index is 1.89. The van der Waals surface area contributed by atoms with E-state index in [0.717, 1.165) is 31.6 Å². The highest BCUT2D eigenvalue weighted by Gasteiger charge is 2.22. The van der Waals surface area contributed by atoms with E-state index in [1.165, 1.54) is 6.26 Å². The molecule has 1 fully saturated rings. The smallest absolute Gasteiger partial charge is 0.148 e. The van der Waals surface area contributed by atoms with Gasteiger partial charge in [-0.3, -0.25) is 5.10 Å². The summed E-state index contributed by atoms with van der Waals surface area (Å²) in [5.74, 6) is 0.716. The van der Waals surface area contributed by atoms with E-state index < -0.39 is 9.84 Å². The zero-order chi connectivity index (χ0) is 12.3. The predicted octanol–water partition coefficient (Wildman–Crippen LogP) is 0.634. The lowest BCUT2D eigenvalue weighted by molar-refractivity contribution is 0.217. The van der Waals surface area contributed by atoms with E-state index >= 15 is 0 Å². The van der Waals surface area contributed by atoms with Gasteiger partial charge in [0, 0.05) is 37.2 Å². The van der Waals surface area contributed by atoms with Crippen molar-refractivity contribution in [1.82, 2.24) is 15.1 Å². The Bertz CT molecular complexity index is 441. The molecule has 0 bridgehead atoms. The van der Waals surface area contributed by atoms with Gasteiger partial charge in [0.05, 0.1) is 5.75 Å². The van der Waals surface area contributed by atoms with Crippen LogP contribution in [-0.4, -0.2) is 55.2 Å². The summed E-state index contributed by atoms with van der Waals surface area (Å²) in [6.45, 7) is 2.57. The number of likely N-dealkylation sites (tertiary alicyclic amines) is 1. The second-order valence-electron chi connectivity index (χ2n) is 4.78. The molecule has 2 rings (SSSR count). The molecule has 1 aliphatic heterocycles. The van der Waals surface area contributed by atoms with Gasteiger partial charge in [-0.25, -0.2) is 8.42 Å². The second-order valence-corrected chi connectivity index (χ2v) is 7.04. The summed E-state index contributed by atoms with van der Waals surface area (Å²) in [6, 6.07) is 2.00. The summed E-state index contributed by atoms with van der Waals surface area (Å²) in [6.07, 6.45) is 5.33. The number of rotatable bonds is 4. The summed E-state index contributed by atoms with van der Waals surface area (Å²) in [5, 5.41) is 6.97. The third-order valence-corrected chi connectivity index (χ3v) is 4.17. The van der Waals surface area contributed by atoms with Crippen LogP contribution < -0.4 is 0 Å². The van der Waals surface area contributed by atoms with Gasteiger partial charge >= 0.3 is 0 Å². The summed E-state index contributed by atoms with van der Waals surface area (Å²) < 4.78 is 22.3. The van der Waals surface area contributed by atoms with Gasteiger partial charge in [0.2, 0.25) is 0 Å². The van der Waals surface area contributed by atoms with E-state index in [9.17, 15) is 8.42 Å². The number of aromatic nitrogens is 2. The highest BCUT2D eigenvalue weighted by molar-refractivity contribution is 7.90. The molecule has 5 nitrogen and oxygen atoms in total. The van der Waals surface area contributed by atoms with Gasteiger partial charge in [0.1, 0.15) is 9.84 Å². The number of aromatic amines is 1. The van der Waals surface area contributed by atoms with Crippen LogP contribution in [0, 0.1) is 0 Å². The minimum atomic E-state index is -2.86. The highest BCUT2D eigenvalue weighted by Crippen LogP contribution is 2.24. The fraction of sp³-hybridized carbons (Fsp3) is 0.727. The van der Waals surface area contributed by atoms with Crippen molar-refractivity contribution in [3.8, 4) is 0 Å². The van der Waals surface area contributed by atoms with Gasteiger partial charge in [-0.15, -0.1) is 0 Å². The average Bonchev–Trinajstić information content (AvgIpc) is 2.79. The summed E-state index contributed by atoms with van der Waals surface area (Å²) in [7, 11) is -2.86. The maximum Gasteiger partial charge on any atom is 0.148 e. The van der Waals surface area contributed by atoms with Crippen molar-refractivity contribution >= 4 is 9.84 Å². The Morgan fingerprint density at radius 3 is 3.06 bits per heavy atom. The topological polar surface area (TPSA) is 66.1 Å². The van der Waals surface area contributed by atoms with Crippen LogP contribution in [0.2, 0.25) is 0 Å². The van der Waals surface area contributed by atoms with Crippen LogP contribution in [0.15, 0.2) is 12.3 Å². The number of hydrogen-bond acceptors (Lipinski definition) is 4. The molecule has 0 amide bonds. The van der Waals surface area contributed by atoms with Crippen LogP contribution >= 0.6 is 0 Å². The molecule has 0 radical (unpaired) electrons. The maximum absolute atomic E-state index is 11.1. The minimum absolute atomic E-state index is 0.253. The molecule has 96 valence electrons. The molecular weight excluding hydrogens is 238 g/mol. The van der Waals surface area contributed by atoms with Crippen LogP contribution in [-0.2, 0) is 9.84 Å². The van der Waals surface area contributed by atoms with Crippen molar-refractivity contribution < 1.29 is 8.42 Å². The molecule has 0 aromatic carbocycles. The zero-order valence-corrected chi connectivity index (χ0v) is 10.9. The summed E-state index contributed by atoms with van der Waals surface area (Å²) >= 11 is 0. The quantitative estimate of drug-likeness (QED) is 0.859. The van der Waals surface area contributed by atoms with E-state index in [-0.39, 0.29) is 5.75 Å². The number of nitrogens with one attached hydrogen (secondary N) is 1. The molecule has 1 aromatic rings. The molecular formula is C11H19N3O2S. The first kappa shape index (κ1) is 12.6. The van der Waals surface area contributed by atoms with Crippen molar-refractivity contribution in [2.24, 2.45) is 0 Å². The first-order chi connectivity index (χ1) is 8.04. The predicted molar refractivity (Wildman–Crippen MR) is 66.7 cm³/mol. The molecule has 0 saturated carbocycles. The normalized spacial score (nSPS) is 22.8. The van der Waals surface area contributed by atoms with Crippen LogP contribution in [0.4, 0.5) is 0 Å². The Kier molecular flexibility index (Phi) is 3.83. The lowest BCUT2D eigenvalue weighted by atomic mass is 9.95. The molecule has 1 saturated heterocycles. The summed E-state index contributed by atoms with van der Waals surface area (Å²) in [4.78, 5) is 2.23. The van der Waals surface area contributed by atoms with Crippen molar-refractivity contribution in [1.29, 1.82) is 0 Å². The highest BCUT2D eigenvalue weighted by atomic mass is 32.2. The average molecular weight is 257 g/mol. The Hall–Kier alpha value is -0.880. The standard InChI is InChI=1S/C11H19N3O2S/c1-17(15,16)8-7-14-6-2-3-10(9-14)11-4-5-12-13-11/h4-5,10H,2-3,6-9H2,1H3,(H,12,13)/t10-/m1/s1. The van der Waals surface area contributed by atoms with Gasteiger partial charge < -0.3 is 4.90 Å². The van der Waals surface area contributed by atoms with Gasteiger partial charge in [-0.1, -0.05) is 0 Å². The SMILES string of the molecule is CS(=O)(=O)CCN1CCC[C@@H](c2ccn[nH]2)C1. The van der Waals surface area contributed by atoms with Crippen molar-refractivity contribution in [3.63, 3.8) is 0 Å². The molecule has 0 unspecified atom stereocenters. The summed E-state index contributed by atoms with van der Waals surface area (Å²) in [5.41, 5.74) is 1.16. The van der Waals surface area contributed by atoms with Gasteiger partial charge in [-0.2, -0.15) is 5.10 Å². The van der Waals surface area contributed by atoms with Crippen molar-refractivity contribution in [2.75, 3.05) is 31.6 Å². The molecule has 1 aliphatic rings. The number of sulfone groups is 1. The molecule has 1 atom stereocenters. The van der Waals surface area contributed by atoms with Gasteiger partial charge in [0.25, 0.3) is 0 Å². The van der Waals surface area contributed by atoms with E-state index in [4.69, 9.17) is 0 Å². The zero-order valence-electron chi connectivity index (χ0n) is 10.1. The van der Waals surface area contributed by atoms with Crippen LogP contribution in [0.1, 0.15) is 24.5 Å². The molecule has 17 heavy (non-hydrogen) atoms. The van der Waals surface area contributed by atoms with Crippen LogP contribution in [0.5, 0.6) is 0 Å². The van der Waals surface area contributed by atoms with E-state index in [1.54, 1.807) is 6.20 Å². The van der Waals surface area contributed by atoms with E-state index in [0.29, 0.717) is 12.5 Å². The Morgan fingerprint density at radius 2 is 2.41 bits per heavy atom. The van der Waals surface area contributed by atoms with Gasteiger partial charge in [-0.05, 0) is 25.5 Å². The number of nitrogens with zero attached hydrogens (tertiary/aromatic N) is 2. The fourth-order valence-corrected chi connectivity index (χ4v) is 2.89. The lowest BCUT2D eigenvalue weighted by Crippen LogP contribution is -2.37. The Morgan fingerprint density at radius 1 is 1.59 bits per heavy atom. The molecule has 6 heteroatoms. The fourth-order valence-electron chi connectivity index (χ4n) is 2.30. The van der Waals surface area contributed by atoms with Crippen LogP contribution in [0.25, 0.3) is 0 Å². The minimum Gasteiger partial charge on any atom is -0.302 e. The second kappa shape index (κ2) is 5.18. The largest absolute Gasteiger partial charge is 0.302 e. The molecule has 0 spiro atoms. The lowest BCUT2D eigenvalue weighted by Gasteiger charge is -2.31. The number of H-pyrrole nitrogens is 1. The van der Waals surface area contributed by atoms with E-state index in [2.05, 4.69) is 15.1 Å². The van der Waals surface area contributed by atoms with E-state index in [1.807, 2.05) is 6.07 Å². The molecule has 1 aromatic heterocycles. The van der Waals surface area contributed by atoms with Gasteiger partial charge in [0.15, 0.2) is 0 Å². The van der Waals surface area contributed by atoms with Crippen LogP contribution in [0.3, 0.4) is 0 Å². The number of hydrogen-bond donors (Lipinski definition) is 1. The monoisotopic (exact) mass is 257 g/mol. The third-order valence-electron chi connectivity index (χ3n) is 3.25. The van der Waals surface area contributed by atoms with Crippen molar-refractivity contribution in [2.45, 2.75) is 18.8 Å². The first-order valence-corrected chi connectivity index (χ1v) is 8.00. The first-order valence-electron chi connectivity index (χ1n) is 5.94. The molecule has 2 heterocycles. The Labute approximate surface area is 102 Å².